The van der Waals surface area contributed by atoms with Gasteiger partial charge in [-0.25, -0.2) is 13.1 Å². The second-order valence-corrected chi connectivity index (χ2v) is 7.22. The second-order valence-electron chi connectivity index (χ2n) is 4.14. The van der Waals surface area contributed by atoms with Crippen molar-refractivity contribution >= 4 is 49.0 Å². The summed E-state index contributed by atoms with van der Waals surface area (Å²) in [4.78, 5) is 10.6. The lowest BCUT2D eigenvalue weighted by Gasteiger charge is -2.05. The summed E-state index contributed by atoms with van der Waals surface area (Å²) in [7, 11) is -3.65. The van der Waals surface area contributed by atoms with Crippen LogP contribution in [0.4, 0.5) is 0 Å². The fourth-order valence-electron chi connectivity index (χ4n) is 1.71. The average molecular weight is 334 g/mol. The molecule has 0 spiro atoms. The molecule has 2 rings (SSSR count). The van der Waals surface area contributed by atoms with Gasteiger partial charge in [-0.3, -0.25) is 4.79 Å². The molecule has 0 unspecified atom stereocenters. The van der Waals surface area contributed by atoms with E-state index in [0.717, 1.165) is 4.70 Å². The molecule has 8 heteroatoms. The minimum absolute atomic E-state index is 0.0707. The van der Waals surface area contributed by atoms with Crippen molar-refractivity contribution in [3.8, 4) is 0 Å². The second kappa shape index (κ2) is 6.09. The lowest BCUT2D eigenvalue weighted by atomic mass is 10.3. The Kier molecular flexibility index (Phi) is 4.64. The fourth-order valence-corrected chi connectivity index (χ4v) is 4.43. The largest absolute Gasteiger partial charge is 0.481 e. The van der Waals surface area contributed by atoms with E-state index in [1.165, 1.54) is 11.3 Å². The minimum Gasteiger partial charge on any atom is -0.481 e. The highest BCUT2D eigenvalue weighted by molar-refractivity contribution is 7.90. The van der Waals surface area contributed by atoms with E-state index in [-0.39, 0.29) is 24.3 Å². The average Bonchev–Trinajstić information content (AvgIpc) is 2.78. The first kappa shape index (κ1) is 15.2. The smallest absolute Gasteiger partial charge is 0.303 e. The van der Waals surface area contributed by atoms with Crippen LogP contribution in [0.1, 0.15) is 12.8 Å². The van der Waals surface area contributed by atoms with Gasteiger partial charge in [0, 0.05) is 33.5 Å². The number of rotatable bonds is 6. The molecule has 20 heavy (non-hydrogen) atoms. The molecule has 0 atom stereocenters. The number of hydrogen-bond acceptors (Lipinski definition) is 4. The third-order valence-corrected chi connectivity index (χ3v) is 5.50. The van der Waals surface area contributed by atoms with Gasteiger partial charge in [0.05, 0.1) is 0 Å². The molecule has 0 aliphatic rings. The molecule has 0 saturated carbocycles. The van der Waals surface area contributed by atoms with Crippen LogP contribution in [0.5, 0.6) is 0 Å². The van der Waals surface area contributed by atoms with Gasteiger partial charge in [0.2, 0.25) is 10.0 Å². The highest BCUT2D eigenvalue weighted by Crippen LogP contribution is 2.31. The molecule has 0 aliphatic carbocycles. The molecule has 0 amide bonds. The van der Waals surface area contributed by atoms with Crippen molar-refractivity contribution in [3.63, 3.8) is 0 Å². The van der Waals surface area contributed by atoms with Crippen molar-refractivity contribution < 1.29 is 18.3 Å². The Morgan fingerprint density at radius 1 is 1.40 bits per heavy atom. The lowest BCUT2D eigenvalue weighted by molar-refractivity contribution is -0.137. The number of fused-ring (bicyclic) bond motifs is 1. The number of carbonyl (C=O) groups is 1. The highest BCUT2D eigenvalue weighted by Gasteiger charge is 2.18. The third-order valence-electron chi connectivity index (χ3n) is 2.65. The van der Waals surface area contributed by atoms with Gasteiger partial charge in [-0.1, -0.05) is 11.6 Å². The predicted molar refractivity (Wildman–Crippen MR) is 78.9 cm³/mol. The fraction of sp³-hybridized carbons (Fsp3) is 0.250. The number of sulfonamides is 1. The molecule has 1 heterocycles. The summed E-state index contributed by atoms with van der Waals surface area (Å²) in [5.74, 6) is -0.947. The van der Waals surface area contributed by atoms with E-state index in [4.69, 9.17) is 16.7 Å². The van der Waals surface area contributed by atoms with Crippen LogP contribution >= 0.6 is 22.9 Å². The Labute approximate surface area is 125 Å². The zero-order valence-corrected chi connectivity index (χ0v) is 12.7. The molecule has 1 aromatic carbocycles. The lowest BCUT2D eigenvalue weighted by Crippen LogP contribution is -2.25. The van der Waals surface area contributed by atoms with Crippen molar-refractivity contribution in [1.82, 2.24) is 4.72 Å². The molecule has 2 N–H and O–H groups in total. The molecule has 0 radical (unpaired) electrons. The van der Waals surface area contributed by atoms with Crippen LogP contribution in [-0.4, -0.2) is 26.0 Å². The number of nitrogens with one attached hydrogen (secondary N) is 1. The van der Waals surface area contributed by atoms with Crippen LogP contribution in [0.15, 0.2) is 28.5 Å². The van der Waals surface area contributed by atoms with Crippen LogP contribution in [0.2, 0.25) is 5.02 Å². The van der Waals surface area contributed by atoms with E-state index >= 15 is 0 Å². The van der Waals surface area contributed by atoms with Crippen LogP contribution in [-0.2, 0) is 14.8 Å². The summed E-state index contributed by atoms with van der Waals surface area (Å²) >= 11 is 7.21. The highest BCUT2D eigenvalue weighted by atomic mass is 35.5. The zero-order valence-electron chi connectivity index (χ0n) is 10.3. The van der Waals surface area contributed by atoms with Crippen molar-refractivity contribution in [3.05, 3.63) is 28.6 Å². The van der Waals surface area contributed by atoms with E-state index in [2.05, 4.69) is 4.72 Å². The summed E-state index contributed by atoms with van der Waals surface area (Å²) in [6, 6.07) is 5.09. The van der Waals surface area contributed by atoms with Gasteiger partial charge < -0.3 is 5.11 Å². The standard InChI is InChI=1S/C12H12ClNO4S2/c13-8-3-4-10-9(6-8)11(7-19-10)20(17,18)14-5-1-2-12(15)16/h3-4,6-7,14H,1-2,5H2,(H,15,16). The van der Waals surface area contributed by atoms with Crippen LogP contribution in [0.3, 0.4) is 0 Å². The van der Waals surface area contributed by atoms with Crippen LogP contribution in [0, 0.1) is 0 Å². The van der Waals surface area contributed by atoms with E-state index in [1.807, 2.05) is 0 Å². The Morgan fingerprint density at radius 3 is 2.85 bits per heavy atom. The first-order chi connectivity index (χ1) is 9.40. The molecule has 0 aliphatic heterocycles. The van der Waals surface area contributed by atoms with Crippen molar-refractivity contribution in [2.45, 2.75) is 17.7 Å². The summed E-state index contributed by atoms with van der Waals surface area (Å²) in [5.41, 5.74) is 0. The van der Waals surface area contributed by atoms with Gasteiger partial charge >= 0.3 is 5.97 Å². The number of aliphatic carboxylic acids is 1. The van der Waals surface area contributed by atoms with Gasteiger partial charge in [-0.05, 0) is 24.6 Å². The van der Waals surface area contributed by atoms with Crippen LogP contribution in [0.25, 0.3) is 10.1 Å². The number of halogens is 1. The first-order valence-corrected chi connectivity index (χ1v) is 8.52. The number of benzene rings is 1. The molecule has 108 valence electrons. The number of hydrogen-bond donors (Lipinski definition) is 2. The van der Waals surface area contributed by atoms with Gasteiger partial charge in [-0.2, -0.15) is 0 Å². The molecular weight excluding hydrogens is 322 g/mol. The van der Waals surface area contributed by atoms with E-state index < -0.39 is 16.0 Å². The first-order valence-electron chi connectivity index (χ1n) is 5.78. The molecule has 0 fully saturated rings. The monoisotopic (exact) mass is 333 g/mol. The number of carboxylic acid groups (broad SMARTS) is 1. The van der Waals surface area contributed by atoms with Crippen molar-refractivity contribution in [2.75, 3.05) is 6.54 Å². The van der Waals surface area contributed by atoms with Gasteiger partial charge in [0.15, 0.2) is 0 Å². The Balaban J connectivity index is 2.19. The molecular formula is C12H12ClNO4S2. The van der Waals surface area contributed by atoms with E-state index in [9.17, 15) is 13.2 Å². The predicted octanol–water partition coefficient (Wildman–Crippen LogP) is 2.70. The summed E-state index contributed by atoms with van der Waals surface area (Å²) in [5, 5.41) is 11.1. The SMILES string of the molecule is O=C(O)CCCNS(=O)(=O)c1csc2ccc(Cl)cc12. The summed E-state index contributed by atoms with van der Waals surface area (Å²) in [6.07, 6.45) is 0.177. The Morgan fingerprint density at radius 2 is 2.15 bits per heavy atom. The maximum absolute atomic E-state index is 12.2. The maximum atomic E-state index is 12.2. The van der Waals surface area contributed by atoms with Gasteiger partial charge in [0.1, 0.15) is 4.90 Å². The number of thiophene rings is 1. The normalized spacial score (nSPS) is 11.8. The molecule has 5 nitrogen and oxygen atoms in total. The molecule has 2 aromatic rings. The zero-order chi connectivity index (χ0) is 14.8. The maximum Gasteiger partial charge on any atom is 0.303 e. The molecule has 0 bridgehead atoms. The minimum atomic E-state index is -3.65. The molecule has 1 aromatic heterocycles. The molecule has 0 saturated heterocycles. The van der Waals surface area contributed by atoms with Gasteiger partial charge in [0.25, 0.3) is 0 Å². The third kappa shape index (κ3) is 3.49. The summed E-state index contributed by atoms with van der Waals surface area (Å²) < 4.78 is 27.6. The van der Waals surface area contributed by atoms with Gasteiger partial charge in [-0.15, -0.1) is 11.3 Å². The Hall–Kier alpha value is -1.15. The number of carboxylic acids is 1. The van der Waals surface area contributed by atoms with Crippen molar-refractivity contribution in [2.24, 2.45) is 0 Å². The van der Waals surface area contributed by atoms with E-state index in [0.29, 0.717) is 10.4 Å². The van der Waals surface area contributed by atoms with Crippen LogP contribution < -0.4 is 4.72 Å². The quantitative estimate of drug-likeness (QED) is 0.796. The van der Waals surface area contributed by atoms with E-state index in [1.54, 1.807) is 23.6 Å². The summed E-state index contributed by atoms with van der Waals surface area (Å²) in [6.45, 7) is 0.0898. The van der Waals surface area contributed by atoms with Crippen molar-refractivity contribution in [1.29, 1.82) is 0 Å². The Bertz CT molecular complexity index is 739. The topological polar surface area (TPSA) is 83.5 Å².